The highest BCUT2D eigenvalue weighted by Gasteiger charge is 2.09. The molecule has 27 heavy (non-hydrogen) atoms. The van der Waals surface area contributed by atoms with Crippen molar-refractivity contribution in [2.75, 3.05) is 11.9 Å². The Hall–Kier alpha value is -2.76. The molecule has 3 rings (SSSR count). The molecule has 0 aliphatic carbocycles. The monoisotopic (exact) mass is 401 g/mol. The van der Waals surface area contributed by atoms with Crippen LogP contribution >= 0.6 is 23.2 Å². The van der Waals surface area contributed by atoms with E-state index >= 15 is 0 Å². The highest BCUT2D eigenvalue weighted by Crippen LogP contribution is 2.31. The Morgan fingerprint density at radius 2 is 1.89 bits per heavy atom. The molecule has 3 aromatic rings. The molecule has 1 heterocycles. The van der Waals surface area contributed by atoms with Crippen LogP contribution in [0.15, 0.2) is 64.1 Å². The van der Waals surface area contributed by atoms with Crippen molar-refractivity contribution in [3.05, 3.63) is 76.0 Å². The summed E-state index contributed by atoms with van der Waals surface area (Å²) in [4.78, 5) is 11.8. The van der Waals surface area contributed by atoms with Crippen LogP contribution in [0.25, 0.3) is 11.3 Å². The summed E-state index contributed by atoms with van der Waals surface area (Å²) < 4.78 is 5.67. The molecular weight excluding hydrogens is 385 g/mol. The van der Waals surface area contributed by atoms with Crippen molar-refractivity contribution in [3.8, 4) is 11.3 Å². The van der Waals surface area contributed by atoms with E-state index < -0.39 is 0 Å². The summed E-state index contributed by atoms with van der Waals surface area (Å²) in [5, 5.41) is 8.02. The molecule has 0 spiro atoms. The molecule has 0 radical (unpaired) electrons. The first-order valence-corrected chi connectivity index (χ1v) is 8.94. The molecule has 0 fully saturated rings. The molecule has 0 unspecified atom stereocenters. The van der Waals surface area contributed by atoms with Gasteiger partial charge >= 0.3 is 0 Å². The molecule has 0 atom stereocenters. The quantitative estimate of drug-likeness (QED) is 0.444. The minimum Gasteiger partial charge on any atom is -0.455 e. The summed E-state index contributed by atoms with van der Waals surface area (Å²) in [7, 11) is 0. The molecule has 7 heteroatoms. The molecule has 5 nitrogen and oxygen atoms in total. The van der Waals surface area contributed by atoms with Crippen LogP contribution in [0.3, 0.4) is 0 Å². The first-order chi connectivity index (χ1) is 13.0. The van der Waals surface area contributed by atoms with Gasteiger partial charge in [-0.3, -0.25) is 4.79 Å². The maximum Gasteiger partial charge on any atom is 0.259 e. The van der Waals surface area contributed by atoms with E-state index in [0.717, 1.165) is 11.3 Å². The van der Waals surface area contributed by atoms with Gasteiger partial charge in [-0.1, -0.05) is 40.9 Å². The van der Waals surface area contributed by atoms with Crippen LogP contribution in [-0.4, -0.2) is 18.7 Å². The van der Waals surface area contributed by atoms with Crippen molar-refractivity contribution in [3.63, 3.8) is 0 Å². The Kier molecular flexibility index (Phi) is 6.16. The van der Waals surface area contributed by atoms with Crippen LogP contribution in [-0.2, 0) is 4.79 Å². The molecule has 2 N–H and O–H groups in total. The fourth-order valence-electron chi connectivity index (χ4n) is 2.31. The maximum absolute atomic E-state index is 11.8. The number of halogens is 2. The Balaban J connectivity index is 1.54. The van der Waals surface area contributed by atoms with E-state index in [0.29, 0.717) is 27.1 Å². The molecular formula is C20H17Cl2N3O2. The van der Waals surface area contributed by atoms with Gasteiger partial charge in [0.05, 0.1) is 17.8 Å². The lowest BCUT2D eigenvalue weighted by Gasteiger charge is -2.05. The van der Waals surface area contributed by atoms with Crippen molar-refractivity contribution in [1.82, 2.24) is 5.43 Å². The lowest BCUT2D eigenvalue weighted by atomic mass is 10.2. The fraction of sp³-hybridized carbons (Fsp3) is 0.100. The highest BCUT2D eigenvalue weighted by molar-refractivity contribution is 6.35. The summed E-state index contributed by atoms with van der Waals surface area (Å²) in [5.74, 6) is 0.778. The number of nitrogens with zero attached hydrogens (tertiary/aromatic N) is 1. The van der Waals surface area contributed by atoms with Crippen LogP contribution in [0, 0.1) is 6.92 Å². The second kappa shape index (κ2) is 8.75. The van der Waals surface area contributed by atoms with Crippen molar-refractivity contribution < 1.29 is 9.21 Å². The van der Waals surface area contributed by atoms with E-state index in [1.54, 1.807) is 30.3 Å². The maximum atomic E-state index is 11.8. The fourth-order valence-corrected chi connectivity index (χ4v) is 2.70. The lowest BCUT2D eigenvalue weighted by Crippen LogP contribution is -2.25. The van der Waals surface area contributed by atoms with Gasteiger partial charge < -0.3 is 9.73 Å². The Bertz CT molecular complexity index is 966. The summed E-state index contributed by atoms with van der Waals surface area (Å²) in [6.07, 6.45) is 1.42. The number of furan rings is 1. The molecule has 1 amide bonds. The van der Waals surface area contributed by atoms with Gasteiger partial charge in [0.25, 0.3) is 5.91 Å². The van der Waals surface area contributed by atoms with Gasteiger partial charge in [0.1, 0.15) is 11.5 Å². The zero-order valence-electron chi connectivity index (χ0n) is 14.5. The van der Waals surface area contributed by atoms with Gasteiger partial charge in [0.15, 0.2) is 0 Å². The minimum atomic E-state index is -0.267. The smallest absolute Gasteiger partial charge is 0.259 e. The van der Waals surface area contributed by atoms with E-state index in [4.69, 9.17) is 27.6 Å². The predicted molar refractivity (Wildman–Crippen MR) is 110 cm³/mol. The number of nitrogens with one attached hydrogen (secondary N) is 2. The SMILES string of the molecule is Cc1ccc(NCC(=O)N/N=C/c2ccc(-c3cc(Cl)ccc3Cl)o2)cc1. The van der Waals surface area contributed by atoms with Gasteiger partial charge in [0, 0.05) is 16.3 Å². The Morgan fingerprint density at radius 3 is 2.67 bits per heavy atom. The van der Waals surface area contributed by atoms with Crippen LogP contribution in [0.4, 0.5) is 5.69 Å². The number of hydrogen-bond donors (Lipinski definition) is 2. The molecule has 2 aromatic carbocycles. The van der Waals surface area contributed by atoms with Gasteiger partial charge in [-0.15, -0.1) is 0 Å². The Labute approximate surface area is 167 Å². The van der Waals surface area contributed by atoms with Crippen LogP contribution < -0.4 is 10.7 Å². The largest absolute Gasteiger partial charge is 0.455 e. The number of carbonyl (C=O) groups excluding carboxylic acids is 1. The van der Waals surface area contributed by atoms with Crippen LogP contribution in [0.2, 0.25) is 10.0 Å². The van der Waals surface area contributed by atoms with Gasteiger partial charge in [-0.05, 0) is 49.4 Å². The van der Waals surface area contributed by atoms with Crippen molar-refractivity contribution in [1.29, 1.82) is 0 Å². The second-order valence-corrected chi connectivity index (χ2v) is 6.68. The van der Waals surface area contributed by atoms with Crippen molar-refractivity contribution >= 4 is 41.0 Å². The molecule has 0 bridgehead atoms. The van der Waals surface area contributed by atoms with Gasteiger partial charge in [-0.25, -0.2) is 5.43 Å². The second-order valence-electron chi connectivity index (χ2n) is 5.84. The minimum absolute atomic E-state index is 0.113. The standard InChI is InChI=1S/C20H17Cl2N3O2/c1-13-2-5-15(6-3-13)23-12-20(26)25-24-11-16-7-9-19(27-16)17-10-14(21)4-8-18(17)22/h2-11,23H,12H2,1H3,(H,25,26)/b24-11+. The first-order valence-electron chi connectivity index (χ1n) is 8.19. The van der Waals surface area contributed by atoms with Gasteiger partial charge in [-0.2, -0.15) is 5.10 Å². The molecule has 0 aliphatic rings. The van der Waals surface area contributed by atoms with Crippen molar-refractivity contribution in [2.24, 2.45) is 5.10 Å². The topological polar surface area (TPSA) is 66.6 Å². The highest BCUT2D eigenvalue weighted by atomic mass is 35.5. The van der Waals surface area contributed by atoms with Crippen molar-refractivity contribution in [2.45, 2.75) is 6.92 Å². The zero-order valence-corrected chi connectivity index (χ0v) is 16.0. The van der Waals surface area contributed by atoms with Crippen LogP contribution in [0.1, 0.15) is 11.3 Å². The number of amides is 1. The third-order valence-electron chi connectivity index (χ3n) is 3.71. The van der Waals surface area contributed by atoms with Gasteiger partial charge in [0.2, 0.25) is 0 Å². The van der Waals surface area contributed by atoms with E-state index in [9.17, 15) is 4.79 Å². The first kappa shape index (κ1) is 19.0. The molecule has 0 saturated heterocycles. The molecule has 0 aliphatic heterocycles. The number of benzene rings is 2. The lowest BCUT2D eigenvalue weighted by molar-refractivity contribution is -0.119. The predicted octanol–water partition coefficient (Wildman–Crippen LogP) is 5.12. The third kappa shape index (κ3) is 5.36. The number of hydrazone groups is 1. The number of hydrogen-bond acceptors (Lipinski definition) is 4. The number of anilines is 1. The number of rotatable bonds is 6. The average molecular weight is 402 g/mol. The molecule has 0 saturated carbocycles. The van der Waals surface area contributed by atoms with E-state index in [-0.39, 0.29) is 12.5 Å². The zero-order chi connectivity index (χ0) is 19.2. The molecule has 1 aromatic heterocycles. The summed E-state index contributed by atoms with van der Waals surface area (Å²) in [5.41, 5.74) is 5.16. The number of aryl methyl sites for hydroxylation is 1. The van der Waals surface area contributed by atoms with E-state index in [1.165, 1.54) is 6.21 Å². The third-order valence-corrected chi connectivity index (χ3v) is 4.27. The number of carbonyl (C=O) groups is 1. The van der Waals surface area contributed by atoms with E-state index in [2.05, 4.69) is 15.8 Å². The average Bonchev–Trinajstić information content (AvgIpc) is 3.12. The normalized spacial score (nSPS) is 10.9. The summed E-state index contributed by atoms with van der Waals surface area (Å²) in [6.45, 7) is 2.12. The molecule has 138 valence electrons. The Morgan fingerprint density at radius 1 is 1.11 bits per heavy atom. The van der Waals surface area contributed by atoms with E-state index in [1.807, 2.05) is 31.2 Å². The van der Waals surface area contributed by atoms with Crippen LogP contribution in [0.5, 0.6) is 0 Å². The summed E-state index contributed by atoms with van der Waals surface area (Å²) >= 11 is 12.2. The summed E-state index contributed by atoms with van der Waals surface area (Å²) in [6, 6.07) is 16.4.